The van der Waals surface area contributed by atoms with Crippen molar-refractivity contribution < 1.29 is 9.59 Å². The molecule has 1 fully saturated rings. The van der Waals surface area contributed by atoms with Crippen LogP contribution < -0.4 is 10.6 Å². The van der Waals surface area contributed by atoms with Crippen molar-refractivity contribution >= 4 is 29.2 Å². The van der Waals surface area contributed by atoms with E-state index in [2.05, 4.69) is 20.6 Å². The van der Waals surface area contributed by atoms with E-state index in [0.29, 0.717) is 23.8 Å². The van der Waals surface area contributed by atoms with Gasteiger partial charge >= 0.3 is 0 Å². The van der Waals surface area contributed by atoms with Gasteiger partial charge in [-0.15, -0.1) is 0 Å². The van der Waals surface area contributed by atoms with Crippen molar-refractivity contribution in [2.24, 2.45) is 0 Å². The molecule has 0 aromatic carbocycles. The standard InChI is InChI=1S/C9H9ClN4O2/c10-6-3-7(12-4-11-6)13-5-1-2-8(15)14-9(5)16/h3-5H,1-2H2,(H,11,12,13)(H,14,15,16). The van der Waals surface area contributed by atoms with Gasteiger partial charge in [0.1, 0.15) is 23.3 Å². The average molecular weight is 241 g/mol. The Labute approximate surface area is 96.4 Å². The third kappa shape index (κ3) is 2.46. The Morgan fingerprint density at radius 1 is 1.44 bits per heavy atom. The second-order valence-electron chi connectivity index (χ2n) is 3.37. The van der Waals surface area contributed by atoms with Crippen molar-refractivity contribution in [3.05, 3.63) is 17.5 Å². The number of aromatic nitrogens is 2. The van der Waals surface area contributed by atoms with Gasteiger partial charge < -0.3 is 5.32 Å². The van der Waals surface area contributed by atoms with Crippen LogP contribution in [0.2, 0.25) is 5.15 Å². The molecule has 1 saturated heterocycles. The molecule has 0 spiro atoms. The van der Waals surface area contributed by atoms with Crippen LogP contribution in [0.25, 0.3) is 0 Å². The van der Waals surface area contributed by atoms with Crippen LogP contribution in [0, 0.1) is 0 Å². The third-order valence-corrected chi connectivity index (χ3v) is 2.40. The van der Waals surface area contributed by atoms with Crippen LogP contribution in [-0.4, -0.2) is 27.8 Å². The summed E-state index contributed by atoms with van der Waals surface area (Å²) in [6.07, 6.45) is 2.07. The van der Waals surface area contributed by atoms with Gasteiger partial charge in [-0.2, -0.15) is 0 Å². The van der Waals surface area contributed by atoms with Gasteiger partial charge in [0.2, 0.25) is 11.8 Å². The van der Waals surface area contributed by atoms with Gasteiger partial charge in [-0.05, 0) is 6.42 Å². The molecule has 2 amide bonds. The molecule has 2 heterocycles. The topological polar surface area (TPSA) is 84.0 Å². The summed E-state index contributed by atoms with van der Waals surface area (Å²) in [6.45, 7) is 0. The molecule has 1 aliphatic heterocycles. The van der Waals surface area contributed by atoms with Crippen molar-refractivity contribution in [1.82, 2.24) is 15.3 Å². The van der Waals surface area contributed by atoms with Crippen molar-refractivity contribution in [2.75, 3.05) is 5.32 Å². The number of anilines is 1. The molecular weight excluding hydrogens is 232 g/mol. The fourth-order valence-electron chi connectivity index (χ4n) is 1.42. The summed E-state index contributed by atoms with van der Waals surface area (Å²) >= 11 is 5.68. The number of nitrogens with zero attached hydrogens (tertiary/aromatic N) is 2. The zero-order valence-corrected chi connectivity index (χ0v) is 8.99. The van der Waals surface area contributed by atoms with E-state index < -0.39 is 6.04 Å². The lowest BCUT2D eigenvalue weighted by molar-refractivity contribution is -0.133. The Morgan fingerprint density at radius 2 is 2.25 bits per heavy atom. The summed E-state index contributed by atoms with van der Waals surface area (Å²) in [5, 5.41) is 5.44. The molecule has 2 N–H and O–H groups in total. The highest BCUT2D eigenvalue weighted by atomic mass is 35.5. The van der Waals surface area contributed by atoms with Crippen LogP contribution in [0.1, 0.15) is 12.8 Å². The highest BCUT2D eigenvalue weighted by Crippen LogP contribution is 2.13. The fourth-order valence-corrected chi connectivity index (χ4v) is 1.57. The van der Waals surface area contributed by atoms with E-state index in [1.807, 2.05) is 0 Å². The second kappa shape index (κ2) is 4.44. The maximum atomic E-state index is 11.4. The summed E-state index contributed by atoms with van der Waals surface area (Å²) in [6, 6.07) is 1.06. The molecule has 1 aromatic heterocycles. The number of hydrogen-bond donors (Lipinski definition) is 2. The Morgan fingerprint density at radius 3 is 2.94 bits per heavy atom. The maximum absolute atomic E-state index is 11.4. The minimum absolute atomic E-state index is 0.247. The normalized spacial score (nSPS) is 20.4. The van der Waals surface area contributed by atoms with Crippen molar-refractivity contribution in [3.8, 4) is 0 Å². The van der Waals surface area contributed by atoms with E-state index in [9.17, 15) is 9.59 Å². The Kier molecular flexibility index (Phi) is 3.00. The number of rotatable bonds is 2. The van der Waals surface area contributed by atoms with E-state index in [4.69, 9.17) is 11.6 Å². The SMILES string of the molecule is O=C1CCC(Nc2cc(Cl)ncn2)C(=O)N1. The Balaban J connectivity index is 2.05. The summed E-state index contributed by atoms with van der Waals surface area (Å²) < 4.78 is 0. The highest BCUT2D eigenvalue weighted by molar-refractivity contribution is 6.29. The van der Waals surface area contributed by atoms with Gasteiger partial charge in [-0.3, -0.25) is 14.9 Å². The van der Waals surface area contributed by atoms with Crippen LogP contribution in [-0.2, 0) is 9.59 Å². The smallest absolute Gasteiger partial charge is 0.249 e. The lowest BCUT2D eigenvalue weighted by atomic mass is 10.1. The first-order valence-corrected chi connectivity index (χ1v) is 5.11. The lowest BCUT2D eigenvalue weighted by Crippen LogP contribution is -2.47. The van der Waals surface area contributed by atoms with E-state index in [0.717, 1.165) is 0 Å². The highest BCUT2D eigenvalue weighted by Gasteiger charge is 2.26. The van der Waals surface area contributed by atoms with Gasteiger partial charge in [0.05, 0.1) is 0 Å². The molecule has 0 bridgehead atoms. The molecule has 0 saturated carbocycles. The fraction of sp³-hybridized carbons (Fsp3) is 0.333. The first kappa shape index (κ1) is 10.8. The number of imide groups is 1. The maximum Gasteiger partial charge on any atom is 0.249 e. The largest absolute Gasteiger partial charge is 0.358 e. The summed E-state index contributed by atoms with van der Waals surface area (Å²) in [5.41, 5.74) is 0. The molecule has 0 radical (unpaired) electrons. The molecule has 2 rings (SSSR count). The Bertz CT molecular complexity index is 437. The van der Waals surface area contributed by atoms with Crippen LogP contribution in [0.15, 0.2) is 12.4 Å². The molecule has 6 nitrogen and oxygen atoms in total. The van der Waals surface area contributed by atoms with Gasteiger partial charge in [0.25, 0.3) is 0 Å². The van der Waals surface area contributed by atoms with Crippen LogP contribution in [0.3, 0.4) is 0 Å². The number of amides is 2. The second-order valence-corrected chi connectivity index (χ2v) is 3.76. The zero-order valence-electron chi connectivity index (χ0n) is 8.24. The predicted molar refractivity (Wildman–Crippen MR) is 56.8 cm³/mol. The molecular formula is C9H9ClN4O2. The van der Waals surface area contributed by atoms with E-state index in [-0.39, 0.29) is 11.8 Å². The van der Waals surface area contributed by atoms with Crippen molar-refractivity contribution in [1.29, 1.82) is 0 Å². The number of piperidine rings is 1. The number of halogens is 1. The monoisotopic (exact) mass is 240 g/mol. The number of carbonyl (C=O) groups excluding carboxylic acids is 2. The molecule has 7 heteroatoms. The molecule has 16 heavy (non-hydrogen) atoms. The molecule has 1 aromatic rings. The zero-order chi connectivity index (χ0) is 11.5. The number of hydrogen-bond acceptors (Lipinski definition) is 5. The third-order valence-electron chi connectivity index (χ3n) is 2.20. The van der Waals surface area contributed by atoms with Gasteiger partial charge in [-0.25, -0.2) is 9.97 Å². The Hall–Kier alpha value is -1.69. The minimum atomic E-state index is -0.455. The van der Waals surface area contributed by atoms with Crippen molar-refractivity contribution in [3.63, 3.8) is 0 Å². The quantitative estimate of drug-likeness (QED) is 0.576. The number of nitrogens with one attached hydrogen (secondary N) is 2. The van der Waals surface area contributed by atoms with E-state index in [1.54, 1.807) is 0 Å². The molecule has 0 aliphatic carbocycles. The van der Waals surface area contributed by atoms with Crippen LogP contribution in [0.4, 0.5) is 5.82 Å². The van der Waals surface area contributed by atoms with Gasteiger partial charge in [0, 0.05) is 12.5 Å². The van der Waals surface area contributed by atoms with Crippen LogP contribution >= 0.6 is 11.6 Å². The van der Waals surface area contributed by atoms with Gasteiger partial charge in [-0.1, -0.05) is 11.6 Å². The minimum Gasteiger partial charge on any atom is -0.358 e. The first-order valence-electron chi connectivity index (χ1n) is 4.73. The summed E-state index contributed by atoms with van der Waals surface area (Å²) in [4.78, 5) is 30.0. The predicted octanol–water partition coefficient (Wildman–Crippen LogP) is 0.347. The first-order chi connectivity index (χ1) is 7.65. The number of carbonyl (C=O) groups is 2. The van der Waals surface area contributed by atoms with E-state index >= 15 is 0 Å². The summed E-state index contributed by atoms with van der Waals surface area (Å²) in [5.74, 6) is -0.121. The van der Waals surface area contributed by atoms with Gasteiger partial charge in [0.15, 0.2) is 0 Å². The average Bonchev–Trinajstić information content (AvgIpc) is 2.22. The molecule has 1 aliphatic rings. The van der Waals surface area contributed by atoms with E-state index in [1.165, 1.54) is 12.4 Å². The van der Waals surface area contributed by atoms with Crippen molar-refractivity contribution in [2.45, 2.75) is 18.9 Å². The molecule has 1 atom stereocenters. The molecule has 84 valence electrons. The lowest BCUT2D eigenvalue weighted by Gasteiger charge is -2.22. The summed E-state index contributed by atoms with van der Waals surface area (Å²) in [7, 11) is 0. The van der Waals surface area contributed by atoms with Crippen LogP contribution in [0.5, 0.6) is 0 Å². The molecule has 1 unspecified atom stereocenters.